The molecule has 21 heavy (non-hydrogen) atoms. The zero-order chi connectivity index (χ0) is 14.5. The van der Waals surface area contributed by atoms with Crippen LogP contribution in [0.15, 0.2) is 95.9 Å². The fourth-order valence-electron chi connectivity index (χ4n) is 2.73. The predicted molar refractivity (Wildman–Crippen MR) is 91.7 cm³/mol. The van der Waals surface area contributed by atoms with Crippen LogP contribution in [-0.2, 0) is 0 Å². The summed E-state index contributed by atoms with van der Waals surface area (Å²) in [6.07, 6.45) is 0. The fraction of sp³-hybridized carbons (Fsp3) is 0. The minimum absolute atomic E-state index is 1.14. The average molecular weight is 292 g/mol. The summed E-state index contributed by atoms with van der Waals surface area (Å²) in [5, 5.41) is 3.41. The van der Waals surface area contributed by atoms with Crippen molar-refractivity contribution in [2.45, 2.75) is 0 Å². The molecule has 0 heterocycles. The van der Waals surface area contributed by atoms with E-state index in [1.807, 2.05) is 54.6 Å². The van der Waals surface area contributed by atoms with Crippen molar-refractivity contribution in [3.8, 4) is 0 Å². The standard InChI is InChI=1S/C18H17N2P/c19-20-21(16-10-4-1-5-11-16,17-12-6-2-7-13-17)18-14-8-3-9-15-18/h1-15,19,21H. The van der Waals surface area contributed by atoms with Crippen LogP contribution in [0.2, 0.25) is 0 Å². The third-order valence-electron chi connectivity index (χ3n) is 3.74. The number of hydrogen-bond acceptors (Lipinski definition) is 2. The second-order valence-electron chi connectivity index (χ2n) is 4.92. The maximum atomic E-state index is 8.01. The molecule has 0 aromatic heterocycles. The van der Waals surface area contributed by atoms with E-state index >= 15 is 0 Å². The van der Waals surface area contributed by atoms with E-state index in [-0.39, 0.29) is 0 Å². The molecular weight excluding hydrogens is 275 g/mol. The molecule has 2 nitrogen and oxygen atoms in total. The number of nitrogens with zero attached hydrogens (tertiary/aromatic N) is 1. The molecule has 0 bridgehead atoms. The van der Waals surface area contributed by atoms with Crippen molar-refractivity contribution >= 4 is 23.3 Å². The van der Waals surface area contributed by atoms with Gasteiger partial charge in [-0.2, -0.15) is 0 Å². The Morgan fingerprint density at radius 3 is 1.05 bits per heavy atom. The first-order valence-corrected chi connectivity index (χ1v) is 8.88. The second-order valence-corrected chi connectivity index (χ2v) is 8.30. The molecule has 104 valence electrons. The molecule has 3 aromatic rings. The zero-order valence-electron chi connectivity index (χ0n) is 11.6. The Kier molecular flexibility index (Phi) is 3.89. The van der Waals surface area contributed by atoms with Gasteiger partial charge in [0.15, 0.2) is 0 Å². The van der Waals surface area contributed by atoms with Crippen molar-refractivity contribution in [3.63, 3.8) is 0 Å². The Hall–Kier alpha value is -2.31. The summed E-state index contributed by atoms with van der Waals surface area (Å²) >= 11 is 0. The van der Waals surface area contributed by atoms with E-state index in [0.29, 0.717) is 0 Å². The van der Waals surface area contributed by atoms with Gasteiger partial charge in [0, 0.05) is 0 Å². The Morgan fingerprint density at radius 2 is 0.810 bits per heavy atom. The number of benzene rings is 3. The summed E-state index contributed by atoms with van der Waals surface area (Å²) in [5.41, 5.74) is 8.01. The first kappa shape index (κ1) is 13.7. The SMILES string of the molecule is N=N[PH](c1ccccc1)(c1ccccc1)c1ccccc1. The summed E-state index contributed by atoms with van der Waals surface area (Å²) in [7, 11) is -2.61. The van der Waals surface area contributed by atoms with E-state index in [1.165, 1.54) is 0 Å². The topological polar surface area (TPSA) is 36.2 Å². The minimum atomic E-state index is -2.61. The molecule has 0 saturated carbocycles. The van der Waals surface area contributed by atoms with Crippen molar-refractivity contribution < 1.29 is 0 Å². The molecule has 0 aliphatic carbocycles. The summed E-state index contributed by atoms with van der Waals surface area (Å²) in [5.74, 6) is 0. The molecule has 0 fully saturated rings. The first-order chi connectivity index (χ1) is 10.4. The van der Waals surface area contributed by atoms with Crippen LogP contribution in [0.3, 0.4) is 0 Å². The Morgan fingerprint density at radius 1 is 0.524 bits per heavy atom. The van der Waals surface area contributed by atoms with E-state index in [0.717, 1.165) is 15.9 Å². The van der Waals surface area contributed by atoms with Crippen LogP contribution in [-0.4, -0.2) is 0 Å². The van der Waals surface area contributed by atoms with Gasteiger partial charge in [-0.05, 0) is 0 Å². The molecule has 0 atom stereocenters. The van der Waals surface area contributed by atoms with Gasteiger partial charge in [-0.15, -0.1) is 0 Å². The van der Waals surface area contributed by atoms with Gasteiger partial charge in [-0.3, -0.25) is 0 Å². The van der Waals surface area contributed by atoms with E-state index in [4.69, 9.17) is 5.53 Å². The van der Waals surface area contributed by atoms with Crippen LogP contribution in [0.4, 0.5) is 0 Å². The van der Waals surface area contributed by atoms with Gasteiger partial charge in [0.2, 0.25) is 0 Å². The Bertz CT molecular complexity index is 615. The van der Waals surface area contributed by atoms with Crippen molar-refractivity contribution in [3.05, 3.63) is 91.0 Å². The zero-order valence-corrected chi connectivity index (χ0v) is 12.6. The van der Waals surface area contributed by atoms with E-state index in [2.05, 4.69) is 41.3 Å². The molecule has 1 N–H and O–H groups in total. The molecule has 0 spiro atoms. The predicted octanol–water partition coefficient (Wildman–Crippen LogP) is 3.66. The molecule has 0 aliphatic heterocycles. The van der Waals surface area contributed by atoms with Gasteiger partial charge < -0.3 is 0 Å². The molecule has 3 aromatic carbocycles. The molecule has 0 unspecified atom stereocenters. The van der Waals surface area contributed by atoms with Gasteiger partial charge in [0.25, 0.3) is 0 Å². The van der Waals surface area contributed by atoms with Crippen molar-refractivity contribution in [1.29, 1.82) is 5.53 Å². The number of rotatable bonds is 4. The molecule has 3 rings (SSSR count). The van der Waals surface area contributed by atoms with Gasteiger partial charge in [-0.1, -0.05) is 0 Å². The molecule has 0 radical (unpaired) electrons. The van der Waals surface area contributed by atoms with Crippen LogP contribution in [0.25, 0.3) is 0 Å². The summed E-state index contributed by atoms with van der Waals surface area (Å²) in [6, 6.07) is 30.7. The first-order valence-electron chi connectivity index (χ1n) is 6.93. The normalized spacial score (nSPS) is 11.8. The van der Waals surface area contributed by atoms with Crippen LogP contribution in [0, 0.1) is 5.53 Å². The Labute approximate surface area is 125 Å². The van der Waals surface area contributed by atoms with Crippen LogP contribution in [0.5, 0.6) is 0 Å². The van der Waals surface area contributed by atoms with Crippen molar-refractivity contribution in [1.82, 2.24) is 0 Å². The van der Waals surface area contributed by atoms with Gasteiger partial charge in [0.1, 0.15) is 0 Å². The van der Waals surface area contributed by atoms with Gasteiger partial charge >= 0.3 is 125 Å². The van der Waals surface area contributed by atoms with Gasteiger partial charge in [-0.25, -0.2) is 0 Å². The fourth-order valence-corrected chi connectivity index (χ4v) is 6.14. The number of nitrogens with one attached hydrogen (secondary N) is 1. The van der Waals surface area contributed by atoms with Crippen LogP contribution >= 0.6 is 7.41 Å². The summed E-state index contributed by atoms with van der Waals surface area (Å²) in [6.45, 7) is 0. The van der Waals surface area contributed by atoms with Gasteiger partial charge in [0.05, 0.1) is 0 Å². The molecule has 0 aliphatic rings. The monoisotopic (exact) mass is 292 g/mol. The van der Waals surface area contributed by atoms with Crippen molar-refractivity contribution in [2.75, 3.05) is 0 Å². The third kappa shape index (κ3) is 2.39. The van der Waals surface area contributed by atoms with E-state index in [9.17, 15) is 0 Å². The second kappa shape index (κ2) is 5.99. The molecule has 0 amide bonds. The van der Waals surface area contributed by atoms with E-state index in [1.54, 1.807) is 0 Å². The van der Waals surface area contributed by atoms with E-state index < -0.39 is 7.41 Å². The molecular formula is C18H17N2P. The summed E-state index contributed by atoms with van der Waals surface area (Å²) < 4.78 is 0. The maximum absolute atomic E-state index is 8.01. The molecule has 3 heteroatoms. The quantitative estimate of drug-likeness (QED) is 0.563. The van der Waals surface area contributed by atoms with Crippen LogP contribution in [0.1, 0.15) is 0 Å². The summed E-state index contributed by atoms with van der Waals surface area (Å²) in [4.78, 5) is 4.22. The average Bonchev–Trinajstić information content (AvgIpc) is 2.59. The van der Waals surface area contributed by atoms with Crippen LogP contribution < -0.4 is 15.9 Å². The van der Waals surface area contributed by atoms with Crippen molar-refractivity contribution in [2.24, 2.45) is 4.88 Å². The third-order valence-corrected chi connectivity index (χ3v) is 7.58. The number of hydrogen-bond donors (Lipinski definition) is 1. The Balaban J connectivity index is 2.31. The molecule has 0 saturated heterocycles.